The molecule has 31 heavy (non-hydrogen) atoms. The van der Waals surface area contributed by atoms with E-state index in [1.165, 1.54) is 17.7 Å². The van der Waals surface area contributed by atoms with Gasteiger partial charge >= 0.3 is 5.97 Å². The van der Waals surface area contributed by atoms with E-state index >= 15 is 0 Å². The number of thiophene rings is 1. The molecule has 1 N–H and O–H groups in total. The molecule has 0 saturated heterocycles. The fourth-order valence-corrected chi connectivity index (χ4v) is 4.11. The second-order valence-corrected chi connectivity index (χ2v) is 8.49. The van der Waals surface area contributed by atoms with Crippen molar-refractivity contribution in [2.45, 2.75) is 20.8 Å². The Kier molecular flexibility index (Phi) is 6.13. The number of para-hydroxylation sites is 3. The Labute approximate surface area is 184 Å². The molecule has 2 heterocycles. The maximum atomic E-state index is 12.6. The van der Waals surface area contributed by atoms with Gasteiger partial charge in [-0.05, 0) is 42.7 Å². The first kappa shape index (κ1) is 20.8. The maximum Gasteiger partial charge on any atom is 0.348 e. The van der Waals surface area contributed by atoms with Gasteiger partial charge in [0.05, 0.1) is 17.7 Å². The molecule has 6 nitrogen and oxygen atoms in total. The van der Waals surface area contributed by atoms with E-state index in [1.54, 1.807) is 0 Å². The molecule has 0 aliphatic carbocycles. The lowest BCUT2D eigenvalue weighted by atomic mass is 10.2. The highest BCUT2D eigenvalue weighted by Gasteiger charge is 2.21. The van der Waals surface area contributed by atoms with Crippen LogP contribution in [0.5, 0.6) is 11.5 Å². The summed E-state index contributed by atoms with van der Waals surface area (Å²) in [7, 11) is 0. The van der Waals surface area contributed by atoms with Crippen molar-refractivity contribution in [3.05, 3.63) is 71.4 Å². The van der Waals surface area contributed by atoms with Gasteiger partial charge in [0.2, 0.25) is 0 Å². The lowest BCUT2D eigenvalue weighted by Crippen LogP contribution is -2.09. The van der Waals surface area contributed by atoms with E-state index in [2.05, 4.69) is 15.3 Å². The zero-order chi connectivity index (χ0) is 21.8. The van der Waals surface area contributed by atoms with E-state index in [0.29, 0.717) is 23.1 Å². The normalized spacial score (nSPS) is 11.0. The summed E-state index contributed by atoms with van der Waals surface area (Å²) >= 11 is 1.32. The quantitative estimate of drug-likeness (QED) is 0.342. The van der Waals surface area contributed by atoms with Crippen LogP contribution in [0.25, 0.3) is 10.2 Å². The van der Waals surface area contributed by atoms with Crippen molar-refractivity contribution in [2.24, 2.45) is 5.92 Å². The number of nitrogens with one attached hydrogen (secondary N) is 1. The van der Waals surface area contributed by atoms with Crippen LogP contribution in [0.3, 0.4) is 0 Å². The summed E-state index contributed by atoms with van der Waals surface area (Å²) in [6.45, 7) is 6.29. The standard InChI is InChI=1S/C24H23N3O3S/c1-15(2)13-29-24(28)21-16(3)20-22(25-14-26-23(20)31-21)27-18-11-7-8-12-19(18)30-17-9-5-4-6-10-17/h4-12,14-15H,13H2,1-3H3,(H,25,26,27). The number of hydrogen-bond acceptors (Lipinski definition) is 7. The molecule has 0 atom stereocenters. The number of carbonyl (C=O) groups excluding carboxylic acids is 1. The van der Waals surface area contributed by atoms with Crippen molar-refractivity contribution in [1.29, 1.82) is 0 Å². The molecule has 7 heteroatoms. The zero-order valence-electron chi connectivity index (χ0n) is 17.6. The van der Waals surface area contributed by atoms with Crippen molar-refractivity contribution in [2.75, 3.05) is 11.9 Å². The van der Waals surface area contributed by atoms with Gasteiger partial charge in [-0.15, -0.1) is 11.3 Å². The van der Waals surface area contributed by atoms with Crippen LogP contribution in [0.2, 0.25) is 0 Å². The van der Waals surface area contributed by atoms with Crippen LogP contribution in [0.4, 0.5) is 11.5 Å². The molecule has 0 aliphatic heterocycles. The highest BCUT2D eigenvalue weighted by molar-refractivity contribution is 7.20. The Bertz CT molecular complexity index is 1210. The van der Waals surface area contributed by atoms with Gasteiger partial charge in [-0.25, -0.2) is 14.8 Å². The number of esters is 1. The smallest absolute Gasteiger partial charge is 0.348 e. The number of nitrogens with zero attached hydrogens (tertiary/aromatic N) is 2. The summed E-state index contributed by atoms with van der Waals surface area (Å²) in [5, 5.41) is 4.16. The second kappa shape index (κ2) is 9.14. The number of benzene rings is 2. The number of aryl methyl sites for hydroxylation is 1. The average Bonchev–Trinajstić information content (AvgIpc) is 3.12. The fourth-order valence-electron chi connectivity index (χ4n) is 3.07. The summed E-state index contributed by atoms with van der Waals surface area (Å²) in [6.07, 6.45) is 1.49. The molecule has 4 rings (SSSR count). The van der Waals surface area contributed by atoms with E-state index in [4.69, 9.17) is 9.47 Å². The summed E-state index contributed by atoms with van der Waals surface area (Å²) in [5.74, 6) is 1.98. The largest absolute Gasteiger partial charge is 0.461 e. The van der Waals surface area contributed by atoms with Gasteiger partial charge in [-0.2, -0.15) is 0 Å². The lowest BCUT2D eigenvalue weighted by Gasteiger charge is -2.13. The van der Waals surface area contributed by atoms with Crippen molar-refractivity contribution >= 4 is 39.0 Å². The molecule has 0 amide bonds. The minimum atomic E-state index is -0.326. The number of anilines is 2. The molecule has 4 aromatic rings. The van der Waals surface area contributed by atoms with Crippen molar-refractivity contribution in [1.82, 2.24) is 9.97 Å². The van der Waals surface area contributed by atoms with Crippen LogP contribution in [-0.4, -0.2) is 22.5 Å². The minimum absolute atomic E-state index is 0.275. The first-order valence-electron chi connectivity index (χ1n) is 10.0. The molecular formula is C24H23N3O3S. The zero-order valence-corrected chi connectivity index (χ0v) is 18.4. The molecule has 2 aromatic heterocycles. The van der Waals surface area contributed by atoms with Gasteiger partial charge in [0.25, 0.3) is 0 Å². The van der Waals surface area contributed by atoms with Gasteiger partial charge in [-0.3, -0.25) is 0 Å². The molecule has 0 bridgehead atoms. The van der Waals surface area contributed by atoms with Crippen LogP contribution in [0.15, 0.2) is 60.9 Å². The Morgan fingerprint density at radius 1 is 1.06 bits per heavy atom. The molecule has 158 valence electrons. The van der Waals surface area contributed by atoms with Gasteiger partial charge in [-0.1, -0.05) is 44.2 Å². The SMILES string of the molecule is Cc1c(C(=O)OCC(C)C)sc2ncnc(Nc3ccccc3Oc3ccccc3)c12. The van der Waals surface area contributed by atoms with Crippen molar-refractivity contribution in [3.63, 3.8) is 0 Å². The number of aromatic nitrogens is 2. The summed E-state index contributed by atoms with van der Waals surface area (Å²) in [5.41, 5.74) is 1.57. The molecular weight excluding hydrogens is 410 g/mol. The van der Waals surface area contributed by atoms with Crippen molar-refractivity contribution < 1.29 is 14.3 Å². The third-order valence-corrected chi connectivity index (χ3v) is 5.75. The van der Waals surface area contributed by atoms with Gasteiger partial charge in [0.1, 0.15) is 27.6 Å². The highest BCUT2D eigenvalue weighted by Crippen LogP contribution is 2.37. The molecule has 2 aromatic carbocycles. The minimum Gasteiger partial charge on any atom is -0.461 e. The predicted octanol–water partition coefficient (Wildman–Crippen LogP) is 6.35. The Hall–Kier alpha value is -3.45. The van der Waals surface area contributed by atoms with Crippen LogP contribution in [0, 0.1) is 12.8 Å². The lowest BCUT2D eigenvalue weighted by molar-refractivity contribution is 0.0464. The average molecular weight is 434 g/mol. The number of ether oxygens (including phenoxy) is 2. The second-order valence-electron chi connectivity index (χ2n) is 7.49. The highest BCUT2D eigenvalue weighted by atomic mass is 32.1. The predicted molar refractivity (Wildman–Crippen MR) is 124 cm³/mol. The number of rotatable bonds is 7. The topological polar surface area (TPSA) is 73.3 Å². The van der Waals surface area contributed by atoms with Crippen LogP contribution in [0.1, 0.15) is 29.1 Å². The third-order valence-electron chi connectivity index (χ3n) is 4.57. The first-order chi connectivity index (χ1) is 15.0. The van der Waals surface area contributed by atoms with E-state index < -0.39 is 0 Å². The van der Waals surface area contributed by atoms with Gasteiger partial charge in [0, 0.05) is 0 Å². The Morgan fingerprint density at radius 2 is 1.81 bits per heavy atom. The molecule has 0 saturated carbocycles. The molecule has 0 fully saturated rings. The van der Waals surface area contributed by atoms with E-state index in [9.17, 15) is 4.79 Å². The third kappa shape index (κ3) is 4.67. The Morgan fingerprint density at radius 3 is 2.58 bits per heavy atom. The summed E-state index contributed by atoms with van der Waals surface area (Å²) < 4.78 is 11.5. The van der Waals surface area contributed by atoms with Gasteiger partial charge in [0.15, 0.2) is 5.75 Å². The monoisotopic (exact) mass is 433 g/mol. The molecule has 0 radical (unpaired) electrons. The molecule has 0 spiro atoms. The fraction of sp³-hybridized carbons (Fsp3) is 0.208. The van der Waals surface area contributed by atoms with Crippen LogP contribution >= 0.6 is 11.3 Å². The summed E-state index contributed by atoms with van der Waals surface area (Å²) in [6, 6.07) is 17.2. The van der Waals surface area contributed by atoms with Crippen LogP contribution < -0.4 is 10.1 Å². The van der Waals surface area contributed by atoms with E-state index in [1.807, 2.05) is 75.4 Å². The first-order valence-corrected chi connectivity index (χ1v) is 10.8. The summed E-state index contributed by atoms with van der Waals surface area (Å²) in [4.78, 5) is 22.6. The van der Waals surface area contributed by atoms with E-state index in [-0.39, 0.29) is 11.9 Å². The number of fused-ring (bicyclic) bond motifs is 1. The number of hydrogen-bond donors (Lipinski definition) is 1. The number of carbonyl (C=O) groups is 1. The van der Waals surface area contributed by atoms with Gasteiger partial charge < -0.3 is 14.8 Å². The van der Waals surface area contributed by atoms with Crippen molar-refractivity contribution in [3.8, 4) is 11.5 Å². The van der Waals surface area contributed by atoms with Crippen LogP contribution in [-0.2, 0) is 4.74 Å². The molecule has 0 aliphatic rings. The maximum absolute atomic E-state index is 12.6. The van der Waals surface area contributed by atoms with E-state index in [0.717, 1.165) is 27.2 Å². The molecule has 0 unspecified atom stereocenters. The Balaban J connectivity index is 1.66.